The van der Waals surface area contributed by atoms with Crippen LogP contribution in [-0.2, 0) is 0 Å². The first kappa shape index (κ1) is 19.8. The van der Waals surface area contributed by atoms with E-state index < -0.39 is 0 Å². The van der Waals surface area contributed by atoms with Crippen molar-refractivity contribution in [3.8, 4) is 0 Å². The Morgan fingerprint density at radius 2 is 1.68 bits per heavy atom. The van der Waals surface area contributed by atoms with E-state index in [-0.39, 0.29) is 11.9 Å². The van der Waals surface area contributed by atoms with Gasteiger partial charge in [-0.1, -0.05) is 13.3 Å². The fourth-order valence-electron chi connectivity index (χ4n) is 5.09. The molecule has 1 unspecified atom stereocenters. The summed E-state index contributed by atoms with van der Waals surface area (Å²) in [5.41, 5.74) is 2.62. The van der Waals surface area contributed by atoms with Crippen molar-refractivity contribution in [3.05, 3.63) is 29.8 Å². The van der Waals surface area contributed by atoms with Crippen molar-refractivity contribution < 1.29 is 4.79 Å². The maximum absolute atomic E-state index is 12.3. The Balaban J connectivity index is 1.28. The Labute approximate surface area is 170 Å². The van der Waals surface area contributed by atoms with E-state index >= 15 is 0 Å². The number of anilines is 1. The van der Waals surface area contributed by atoms with Gasteiger partial charge in [-0.25, -0.2) is 0 Å². The Kier molecular flexibility index (Phi) is 5.96. The smallest absolute Gasteiger partial charge is 0.251 e. The quantitative estimate of drug-likeness (QED) is 0.816. The number of carbonyl (C=O) groups excluding carboxylic acids is 1. The van der Waals surface area contributed by atoms with Crippen LogP contribution in [0.15, 0.2) is 24.3 Å². The molecule has 4 nitrogen and oxygen atoms in total. The van der Waals surface area contributed by atoms with Gasteiger partial charge < -0.3 is 15.1 Å². The van der Waals surface area contributed by atoms with Crippen molar-refractivity contribution in [2.45, 2.75) is 77.3 Å². The molecule has 0 bridgehead atoms. The van der Waals surface area contributed by atoms with Crippen LogP contribution in [0.4, 0.5) is 5.69 Å². The molecule has 0 radical (unpaired) electrons. The summed E-state index contributed by atoms with van der Waals surface area (Å²) in [4.78, 5) is 17.6. The molecule has 1 amide bonds. The van der Waals surface area contributed by atoms with Gasteiger partial charge in [-0.2, -0.15) is 0 Å². The van der Waals surface area contributed by atoms with E-state index in [0.717, 1.165) is 31.1 Å². The number of hydrogen-bond acceptors (Lipinski definition) is 3. The van der Waals surface area contributed by atoms with E-state index in [0.29, 0.717) is 5.41 Å². The van der Waals surface area contributed by atoms with Crippen molar-refractivity contribution in [1.29, 1.82) is 0 Å². The number of amides is 1. The topological polar surface area (TPSA) is 35.6 Å². The van der Waals surface area contributed by atoms with E-state index in [2.05, 4.69) is 34.2 Å². The summed E-state index contributed by atoms with van der Waals surface area (Å²) in [6, 6.07) is 9.35. The zero-order valence-corrected chi connectivity index (χ0v) is 17.8. The Morgan fingerprint density at radius 3 is 2.21 bits per heavy atom. The van der Waals surface area contributed by atoms with E-state index in [1.807, 2.05) is 19.1 Å². The lowest BCUT2D eigenvalue weighted by molar-refractivity contribution is 0.0306. The van der Waals surface area contributed by atoms with E-state index in [1.54, 1.807) is 0 Å². The minimum Gasteiger partial charge on any atom is -0.371 e. The summed E-state index contributed by atoms with van der Waals surface area (Å²) in [6.07, 6.45) is 10.7. The van der Waals surface area contributed by atoms with Gasteiger partial charge in [0.15, 0.2) is 0 Å². The molecule has 0 aromatic heterocycles. The fourth-order valence-corrected chi connectivity index (χ4v) is 5.09. The fraction of sp³-hybridized carbons (Fsp3) is 0.708. The minimum atomic E-state index is 0.0386. The van der Waals surface area contributed by atoms with Crippen molar-refractivity contribution in [2.24, 2.45) is 5.41 Å². The molecule has 1 N–H and O–H groups in total. The second kappa shape index (κ2) is 8.44. The van der Waals surface area contributed by atoms with Gasteiger partial charge in [-0.15, -0.1) is 0 Å². The van der Waals surface area contributed by atoms with Gasteiger partial charge >= 0.3 is 0 Å². The molecule has 1 spiro atoms. The normalized spacial score (nSPS) is 24.0. The van der Waals surface area contributed by atoms with Gasteiger partial charge in [0.25, 0.3) is 5.91 Å². The second-order valence-electron chi connectivity index (χ2n) is 9.44. The summed E-state index contributed by atoms with van der Waals surface area (Å²) < 4.78 is 0. The van der Waals surface area contributed by atoms with Crippen molar-refractivity contribution in [3.63, 3.8) is 0 Å². The highest BCUT2D eigenvalue weighted by molar-refractivity contribution is 5.94. The lowest BCUT2D eigenvalue weighted by Crippen LogP contribution is -2.50. The average Bonchev–Trinajstić information content (AvgIpc) is 2.69. The van der Waals surface area contributed by atoms with Gasteiger partial charge in [0.05, 0.1) is 0 Å². The van der Waals surface area contributed by atoms with Crippen LogP contribution in [-0.4, -0.2) is 49.1 Å². The third-order valence-corrected chi connectivity index (χ3v) is 7.76. The standard InChI is InChI=1S/C24H37N3O/c1-3-19(2)25-23(28)20-7-9-22(10-8-20)27-17-13-24(14-18-27)11-15-26(16-12-24)21-5-4-6-21/h7-10,19,21H,3-6,11-18H2,1-2H3,(H,25,28). The summed E-state index contributed by atoms with van der Waals surface area (Å²) in [5, 5.41) is 3.05. The first-order valence-electron chi connectivity index (χ1n) is 11.5. The van der Waals surface area contributed by atoms with Gasteiger partial charge in [-0.05, 0) is 94.6 Å². The van der Waals surface area contributed by atoms with Crippen LogP contribution in [0.5, 0.6) is 0 Å². The predicted octanol–water partition coefficient (Wildman–Crippen LogP) is 4.45. The summed E-state index contributed by atoms with van der Waals surface area (Å²) >= 11 is 0. The zero-order chi connectivity index (χ0) is 19.6. The molecular formula is C24H37N3O. The SMILES string of the molecule is CCC(C)NC(=O)c1ccc(N2CCC3(CC2)CCN(C2CCC2)CC3)cc1. The van der Waals surface area contributed by atoms with Gasteiger partial charge in [0.1, 0.15) is 0 Å². The number of nitrogens with zero attached hydrogens (tertiary/aromatic N) is 2. The molecule has 2 aliphatic heterocycles. The molecule has 3 aliphatic rings. The van der Waals surface area contributed by atoms with Gasteiger partial charge in [0.2, 0.25) is 0 Å². The Bertz CT molecular complexity index is 649. The van der Waals surface area contributed by atoms with Crippen LogP contribution in [0.3, 0.4) is 0 Å². The maximum Gasteiger partial charge on any atom is 0.251 e. The number of likely N-dealkylation sites (tertiary alicyclic amines) is 1. The number of nitrogens with one attached hydrogen (secondary N) is 1. The number of rotatable bonds is 5. The first-order chi connectivity index (χ1) is 13.6. The number of hydrogen-bond donors (Lipinski definition) is 1. The Morgan fingerprint density at radius 1 is 1.07 bits per heavy atom. The molecule has 4 heteroatoms. The molecular weight excluding hydrogens is 346 g/mol. The van der Waals surface area contributed by atoms with Crippen LogP contribution in [0.1, 0.15) is 75.6 Å². The lowest BCUT2D eigenvalue weighted by atomic mass is 9.70. The predicted molar refractivity (Wildman–Crippen MR) is 116 cm³/mol. The van der Waals surface area contributed by atoms with Crippen molar-refractivity contribution >= 4 is 11.6 Å². The molecule has 2 heterocycles. The summed E-state index contributed by atoms with van der Waals surface area (Å²) in [7, 11) is 0. The minimum absolute atomic E-state index is 0.0386. The molecule has 4 rings (SSSR count). The largest absolute Gasteiger partial charge is 0.371 e. The van der Waals surface area contributed by atoms with Crippen molar-refractivity contribution in [1.82, 2.24) is 10.2 Å². The molecule has 3 fully saturated rings. The highest BCUT2D eigenvalue weighted by Gasteiger charge is 2.39. The van der Waals surface area contributed by atoms with Crippen LogP contribution < -0.4 is 10.2 Å². The van der Waals surface area contributed by atoms with E-state index in [9.17, 15) is 4.79 Å². The molecule has 1 saturated carbocycles. The molecule has 1 atom stereocenters. The van der Waals surface area contributed by atoms with Crippen molar-refractivity contribution in [2.75, 3.05) is 31.1 Å². The van der Waals surface area contributed by atoms with Crippen LogP contribution in [0, 0.1) is 5.41 Å². The maximum atomic E-state index is 12.3. The highest BCUT2D eigenvalue weighted by Crippen LogP contribution is 2.43. The average molecular weight is 384 g/mol. The van der Waals surface area contributed by atoms with Gasteiger partial charge in [-0.3, -0.25) is 4.79 Å². The molecule has 1 aliphatic carbocycles. The summed E-state index contributed by atoms with van der Waals surface area (Å²) in [5.74, 6) is 0.0386. The monoisotopic (exact) mass is 383 g/mol. The molecule has 2 saturated heterocycles. The number of benzene rings is 1. The molecule has 154 valence electrons. The van der Waals surface area contributed by atoms with Gasteiger partial charge in [0, 0.05) is 36.4 Å². The van der Waals surface area contributed by atoms with E-state index in [4.69, 9.17) is 0 Å². The molecule has 1 aromatic rings. The Hall–Kier alpha value is -1.55. The third-order valence-electron chi connectivity index (χ3n) is 7.76. The van der Waals surface area contributed by atoms with Crippen LogP contribution >= 0.6 is 0 Å². The number of carbonyl (C=O) groups is 1. The van der Waals surface area contributed by atoms with Crippen LogP contribution in [0.2, 0.25) is 0 Å². The highest BCUT2D eigenvalue weighted by atomic mass is 16.1. The third kappa shape index (κ3) is 4.22. The zero-order valence-electron chi connectivity index (χ0n) is 17.8. The van der Waals surface area contributed by atoms with E-state index in [1.165, 1.54) is 63.7 Å². The molecule has 28 heavy (non-hydrogen) atoms. The van der Waals surface area contributed by atoms with Crippen LogP contribution in [0.25, 0.3) is 0 Å². The lowest BCUT2D eigenvalue weighted by Gasteiger charge is -2.50. The number of piperidine rings is 2. The summed E-state index contributed by atoms with van der Waals surface area (Å²) in [6.45, 7) is 9.10. The molecule has 1 aromatic carbocycles. The second-order valence-corrected chi connectivity index (χ2v) is 9.44. The first-order valence-corrected chi connectivity index (χ1v) is 11.5.